The summed E-state index contributed by atoms with van der Waals surface area (Å²) >= 11 is 0. The lowest BCUT2D eigenvalue weighted by Gasteiger charge is -2.28. The highest BCUT2D eigenvalue weighted by Gasteiger charge is 2.42. The van der Waals surface area contributed by atoms with Gasteiger partial charge < -0.3 is 21.1 Å². The van der Waals surface area contributed by atoms with Crippen LogP contribution in [0.2, 0.25) is 0 Å². The van der Waals surface area contributed by atoms with Gasteiger partial charge in [0.2, 0.25) is 11.8 Å². The molecule has 2 heterocycles. The standard InChI is InChI=1S/C31H39N5O4/c1-19-25(12-13-27(32)34-19)17-33-28(37)20(2)35-29(38)26-16-22(18-36(26)30(39)40-31(3,4)5)14-21-10-11-23-8-6-7-9-24(23)15-21/h6-13,15,20,22,26H,14,16-18H2,1-5H3,(H2,32,34)(H,33,37)(H,35,38)/t20-,22-,26+/m0/s1. The molecule has 0 unspecified atom stereocenters. The molecule has 0 spiro atoms. The second kappa shape index (κ2) is 11.9. The Bertz CT molecular complexity index is 1400. The number of nitrogen functional groups attached to an aromatic ring is 1. The zero-order chi connectivity index (χ0) is 29.0. The SMILES string of the molecule is Cc1nc(N)ccc1CNC(=O)[C@H](C)NC(=O)[C@H]1C[C@H](Cc2ccc3ccccc3c2)CN1C(=O)OC(C)(C)C. The van der Waals surface area contributed by atoms with Crippen LogP contribution in [0.1, 0.15) is 50.9 Å². The molecule has 3 atom stereocenters. The largest absolute Gasteiger partial charge is 0.444 e. The number of ether oxygens (including phenoxy) is 1. The third-order valence-corrected chi connectivity index (χ3v) is 7.08. The molecule has 1 aliphatic heterocycles. The zero-order valence-electron chi connectivity index (χ0n) is 23.9. The summed E-state index contributed by atoms with van der Waals surface area (Å²) in [5, 5.41) is 7.96. The molecule has 0 aliphatic carbocycles. The highest BCUT2D eigenvalue weighted by molar-refractivity contribution is 5.91. The van der Waals surface area contributed by atoms with Crippen molar-refractivity contribution in [1.82, 2.24) is 20.5 Å². The smallest absolute Gasteiger partial charge is 0.410 e. The number of likely N-dealkylation sites (tertiary alicyclic amines) is 1. The number of benzene rings is 2. The van der Waals surface area contributed by atoms with Gasteiger partial charge in [0.15, 0.2) is 0 Å². The monoisotopic (exact) mass is 545 g/mol. The van der Waals surface area contributed by atoms with Gasteiger partial charge in [0.25, 0.3) is 0 Å². The maximum absolute atomic E-state index is 13.4. The van der Waals surface area contributed by atoms with E-state index in [2.05, 4.69) is 45.9 Å². The number of hydrogen-bond donors (Lipinski definition) is 3. The van der Waals surface area contributed by atoms with Gasteiger partial charge in [-0.3, -0.25) is 14.5 Å². The van der Waals surface area contributed by atoms with Gasteiger partial charge in [-0.25, -0.2) is 9.78 Å². The number of fused-ring (bicyclic) bond motifs is 1. The van der Waals surface area contributed by atoms with Crippen LogP contribution in [0.4, 0.5) is 10.6 Å². The topological polar surface area (TPSA) is 127 Å². The summed E-state index contributed by atoms with van der Waals surface area (Å²) in [6, 6.07) is 16.5. The summed E-state index contributed by atoms with van der Waals surface area (Å²) in [5.41, 5.74) is 7.72. The molecule has 9 heteroatoms. The van der Waals surface area contributed by atoms with E-state index in [1.165, 1.54) is 10.3 Å². The van der Waals surface area contributed by atoms with Crippen molar-refractivity contribution < 1.29 is 19.1 Å². The number of rotatable bonds is 7. The Kier molecular flexibility index (Phi) is 8.61. The molecular formula is C31H39N5O4. The molecule has 9 nitrogen and oxygen atoms in total. The zero-order valence-corrected chi connectivity index (χ0v) is 23.9. The van der Waals surface area contributed by atoms with Crippen LogP contribution >= 0.6 is 0 Å². The third kappa shape index (κ3) is 7.28. The highest BCUT2D eigenvalue weighted by atomic mass is 16.6. The quantitative estimate of drug-likeness (QED) is 0.410. The molecule has 40 heavy (non-hydrogen) atoms. The molecular weight excluding hydrogens is 506 g/mol. The van der Waals surface area contributed by atoms with Crippen LogP contribution in [0.5, 0.6) is 0 Å². The van der Waals surface area contributed by atoms with Gasteiger partial charge in [0.1, 0.15) is 23.5 Å². The lowest BCUT2D eigenvalue weighted by Crippen LogP contribution is -2.52. The highest BCUT2D eigenvalue weighted by Crippen LogP contribution is 2.29. The Morgan fingerprint density at radius 2 is 1.82 bits per heavy atom. The number of aryl methyl sites for hydroxylation is 1. The van der Waals surface area contributed by atoms with Gasteiger partial charge in [-0.1, -0.05) is 48.5 Å². The van der Waals surface area contributed by atoms with E-state index in [4.69, 9.17) is 10.5 Å². The summed E-state index contributed by atoms with van der Waals surface area (Å²) in [4.78, 5) is 45.0. The van der Waals surface area contributed by atoms with Crippen molar-refractivity contribution in [2.24, 2.45) is 5.92 Å². The van der Waals surface area contributed by atoms with Crippen molar-refractivity contribution in [2.75, 3.05) is 12.3 Å². The predicted octanol–water partition coefficient (Wildman–Crippen LogP) is 4.11. The molecule has 212 valence electrons. The minimum atomic E-state index is -0.797. The van der Waals surface area contributed by atoms with Crippen molar-refractivity contribution in [3.05, 3.63) is 71.4 Å². The first-order valence-corrected chi connectivity index (χ1v) is 13.7. The van der Waals surface area contributed by atoms with Gasteiger partial charge in [0, 0.05) is 18.8 Å². The van der Waals surface area contributed by atoms with Gasteiger partial charge in [-0.2, -0.15) is 0 Å². The molecule has 1 aliphatic rings. The van der Waals surface area contributed by atoms with Gasteiger partial charge in [-0.05, 0) is 81.3 Å². The van der Waals surface area contributed by atoms with Crippen LogP contribution in [0, 0.1) is 12.8 Å². The number of pyridine rings is 1. The first-order chi connectivity index (χ1) is 18.9. The maximum atomic E-state index is 13.4. The van der Waals surface area contributed by atoms with Crippen LogP contribution in [0.15, 0.2) is 54.6 Å². The van der Waals surface area contributed by atoms with E-state index in [9.17, 15) is 14.4 Å². The number of nitrogens with zero attached hydrogens (tertiary/aromatic N) is 2. The fourth-order valence-corrected chi connectivity index (χ4v) is 5.05. The van der Waals surface area contributed by atoms with Crippen LogP contribution in [-0.2, 0) is 27.3 Å². The average Bonchev–Trinajstić information content (AvgIpc) is 3.31. The second-order valence-corrected chi connectivity index (χ2v) is 11.6. The Morgan fingerprint density at radius 3 is 2.52 bits per heavy atom. The van der Waals surface area contributed by atoms with Crippen molar-refractivity contribution in [3.63, 3.8) is 0 Å². The number of aromatic nitrogens is 1. The predicted molar refractivity (Wildman–Crippen MR) is 155 cm³/mol. The fourth-order valence-electron chi connectivity index (χ4n) is 5.05. The van der Waals surface area contributed by atoms with Crippen LogP contribution in [0.25, 0.3) is 10.8 Å². The molecule has 1 saturated heterocycles. The molecule has 0 saturated carbocycles. The third-order valence-electron chi connectivity index (χ3n) is 7.08. The van der Waals surface area contributed by atoms with Crippen LogP contribution < -0.4 is 16.4 Å². The average molecular weight is 546 g/mol. The Morgan fingerprint density at radius 1 is 1.10 bits per heavy atom. The minimum absolute atomic E-state index is 0.0644. The number of anilines is 1. The van der Waals surface area contributed by atoms with Crippen molar-refractivity contribution in [2.45, 2.75) is 71.7 Å². The number of amides is 3. The van der Waals surface area contributed by atoms with Crippen molar-refractivity contribution in [3.8, 4) is 0 Å². The van der Waals surface area contributed by atoms with E-state index in [1.807, 2.05) is 25.1 Å². The van der Waals surface area contributed by atoms with Crippen molar-refractivity contribution in [1.29, 1.82) is 0 Å². The molecule has 0 bridgehead atoms. The minimum Gasteiger partial charge on any atom is -0.444 e. The molecule has 2 aromatic carbocycles. The van der Waals surface area contributed by atoms with E-state index < -0.39 is 23.8 Å². The number of carbonyl (C=O) groups excluding carboxylic acids is 3. The number of hydrogen-bond acceptors (Lipinski definition) is 6. The lowest BCUT2D eigenvalue weighted by molar-refractivity contribution is -0.131. The molecule has 1 fully saturated rings. The first-order valence-electron chi connectivity index (χ1n) is 13.7. The Hall–Kier alpha value is -4.14. The molecule has 3 aromatic rings. The number of carbonyl (C=O) groups is 3. The van der Waals surface area contributed by atoms with Crippen LogP contribution in [0.3, 0.4) is 0 Å². The lowest BCUT2D eigenvalue weighted by atomic mass is 9.95. The second-order valence-electron chi connectivity index (χ2n) is 11.6. The Balaban J connectivity index is 1.42. The number of nitrogens with one attached hydrogen (secondary N) is 2. The molecule has 4 rings (SSSR count). The van der Waals surface area contributed by atoms with Gasteiger partial charge >= 0.3 is 6.09 Å². The summed E-state index contributed by atoms with van der Waals surface area (Å²) in [6.45, 7) is 9.50. The van der Waals surface area contributed by atoms with Gasteiger partial charge in [0.05, 0.1) is 0 Å². The number of nitrogens with two attached hydrogens (primary N) is 1. The maximum Gasteiger partial charge on any atom is 0.410 e. The van der Waals surface area contributed by atoms with Crippen LogP contribution in [-0.4, -0.2) is 52.0 Å². The molecule has 4 N–H and O–H groups in total. The van der Waals surface area contributed by atoms with E-state index in [0.29, 0.717) is 18.8 Å². The van der Waals surface area contributed by atoms with E-state index in [0.717, 1.165) is 28.6 Å². The first kappa shape index (κ1) is 28.9. The molecule has 1 aromatic heterocycles. The van der Waals surface area contributed by atoms with E-state index in [1.54, 1.807) is 33.8 Å². The fraction of sp³-hybridized carbons (Fsp3) is 0.419. The summed E-state index contributed by atoms with van der Waals surface area (Å²) in [6.07, 6.45) is 0.665. The van der Waals surface area contributed by atoms with Gasteiger partial charge in [-0.15, -0.1) is 0 Å². The van der Waals surface area contributed by atoms with E-state index in [-0.39, 0.29) is 24.3 Å². The summed E-state index contributed by atoms with van der Waals surface area (Å²) < 4.78 is 5.63. The van der Waals surface area contributed by atoms with E-state index >= 15 is 0 Å². The summed E-state index contributed by atoms with van der Waals surface area (Å²) in [7, 11) is 0. The normalized spacial score (nSPS) is 17.9. The summed E-state index contributed by atoms with van der Waals surface area (Å²) in [5.74, 6) is -0.230. The molecule has 3 amide bonds. The Labute approximate surface area is 235 Å². The van der Waals surface area contributed by atoms with Crippen molar-refractivity contribution >= 4 is 34.5 Å². The molecule has 0 radical (unpaired) electrons.